The fourth-order valence-electron chi connectivity index (χ4n) is 2.54. The van der Waals surface area contributed by atoms with Gasteiger partial charge in [0.05, 0.1) is 41.8 Å². The smallest absolute Gasteiger partial charge is 0.420 e. The van der Waals surface area contributed by atoms with Crippen LogP contribution in [0.25, 0.3) is 0 Å². The third-order valence-corrected chi connectivity index (χ3v) is 5.16. The summed E-state index contributed by atoms with van der Waals surface area (Å²) in [6.07, 6.45) is -3.88. The Morgan fingerprint density at radius 2 is 2.07 bits per heavy atom. The van der Waals surface area contributed by atoms with Gasteiger partial charge < -0.3 is 9.30 Å². The first-order valence-electron chi connectivity index (χ1n) is 8.07. The molecule has 0 N–H and O–H groups in total. The SMILES string of the molecule is CC1C(=O)SN=C1Cn1ccc(C(F)(F)F)c(Oc2cc(Cl)cc(C#N)c2)c1=O. The number of alkyl halides is 3. The minimum Gasteiger partial charge on any atom is -0.451 e. The Morgan fingerprint density at radius 3 is 2.66 bits per heavy atom. The predicted molar refractivity (Wildman–Crippen MR) is 101 cm³/mol. The van der Waals surface area contributed by atoms with Crippen molar-refractivity contribution in [2.75, 3.05) is 0 Å². The van der Waals surface area contributed by atoms with Gasteiger partial charge in [0.15, 0.2) is 0 Å². The largest absolute Gasteiger partial charge is 0.451 e. The fraction of sp³-hybridized carbons (Fsp3) is 0.222. The Labute approximate surface area is 171 Å². The molecular weight excluding hydrogens is 431 g/mol. The normalized spacial score (nSPS) is 16.5. The summed E-state index contributed by atoms with van der Waals surface area (Å²) in [7, 11) is 0. The van der Waals surface area contributed by atoms with Crippen LogP contribution in [0.15, 0.2) is 39.7 Å². The summed E-state index contributed by atoms with van der Waals surface area (Å²) in [5.74, 6) is -1.70. The lowest BCUT2D eigenvalue weighted by atomic mass is 10.1. The van der Waals surface area contributed by atoms with E-state index in [1.54, 1.807) is 13.0 Å². The first kappa shape index (κ1) is 21.0. The number of ether oxygens (including phenoxy) is 1. The van der Waals surface area contributed by atoms with Crippen molar-refractivity contribution in [1.29, 1.82) is 5.26 Å². The Kier molecular flexibility index (Phi) is 5.73. The van der Waals surface area contributed by atoms with Crippen molar-refractivity contribution in [2.45, 2.75) is 19.6 Å². The van der Waals surface area contributed by atoms with E-state index in [1.165, 1.54) is 18.2 Å². The van der Waals surface area contributed by atoms with E-state index in [1.807, 2.05) is 0 Å². The lowest BCUT2D eigenvalue weighted by molar-refractivity contribution is -0.138. The van der Waals surface area contributed by atoms with E-state index in [9.17, 15) is 22.8 Å². The summed E-state index contributed by atoms with van der Waals surface area (Å²) in [6, 6.07) is 6.17. The second kappa shape index (κ2) is 7.93. The summed E-state index contributed by atoms with van der Waals surface area (Å²) in [5.41, 5.74) is -1.91. The predicted octanol–water partition coefficient (Wildman–Crippen LogP) is 4.45. The van der Waals surface area contributed by atoms with Crippen LogP contribution in [0.2, 0.25) is 5.02 Å². The van der Waals surface area contributed by atoms with Crippen LogP contribution in [0.3, 0.4) is 0 Å². The molecule has 0 bridgehead atoms. The molecule has 0 amide bonds. The molecule has 6 nitrogen and oxygen atoms in total. The topological polar surface area (TPSA) is 84.4 Å². The van der Waals surface area contributed by atoms with Crippen LogP contribution in [0.1, 0.15) is 18.1 Å². The van der Waals surface area contributed by atoms with Gasteiger partial charge in [0, 0.05) is 11.2 Å². The van der Waals surface area contributed by atoms with Crippen LogP contribution in [0, 0.1) is 17.2 Å². The molecule has 29 heavy (non-hydrogen) atoms. The highest BCUT2D eigenvalue weighted by Crippen LogP contribution is 2.36. The van der Waals surface area contributed by atoms with Crippen LogP contribution in [0.5, 0.6) is 11.5 Å². The number of rotatable bonds is 4. The molecule has 150 valence electrons. The van der Waals surface area contributed by atoms with E-state index in [4.69, 9.17) is 21.6 Å². The Hall–Kier alpha value is -2.77. The number of nitrogens with zero attached hydrogens (tertiary/aromatic N) is 3. The highest BCUT2D eigenvalue weighted by atomic mass is 35.5. The molecule has 0 radical (unpaired) electrons. The molecule has 0 fully saturated rings. The molecular formula is C18H11ClF3N3O3S. The van der Waals surface area contributed by atoms with Crippen molar-refractivity contribution in [2.24, 2.45) is 10.3 Å². The monoisotopic (exact) mass is 441 g/mol. The molecule has 0 spiro atoms. The van der Waals surface area contributed by atoms with Gasteiger partial charge in [0.1, 0.15) is 11.3 Å². The van der Waals surface area contributed by atoms with Crippen molar-refractivity contribution in [3.05, 3.63) is 57.0 Å². The van der Waals surface area contributed by atoms with Gasteiger partial charge in [-0.15, -0.1) is 0 Å². The minimum atomic E-state index is -4.85. The minimum absolute atomic E-state index is 0.0574. The Balaban J connectivity index is 2.06. The number of aromatic nitrogens is 1. The molecule has 1 aliphatic rings. The lowest BCUT2D eigenvalue weighted by Gasteiger charge is -2.16. The zero-order valence-corrected chi connectivity index (χ0v) is 16.2. The number of pyridine rings is 1. The summed E-state index contributed by atoms with van der Waals surface area (Å²) in [4.78, 5) is 24.3. The van der Waals surface area contributed by atoms with Gasteiger partial charge in [-0.2, -0.15) is 18.4 Å². The van der Waals surface area contributed by atoms with Crippen LogP contribution < -0.4 is 10.3 Å². The number of nitriles is 1. The number of hydrogen-bond acceptors (Lipinski definition) is 6. The van der Waals surface area contributed by atoms with E-state index in [0.29, 0.717) is 11.8 Å². The summed E-state index contributed by atoms with van der Waals surface area (Å²) in [5, 5.41) is 8.84. The van der Waals surface area contributed by atoms with Crippen LogP contribution in [-0.2, 0) is 17.5 Å². The molecule has 1 atom stereocenters. The average molecular weight is 442 g/mol. The van der Waals surface area contributed by atoms with Crippen molar-refractivity contribution in [3.63, 3.8) is 0 Å². The first-order valence-corrected chi connectivity index (χ1v) is 9.22. The lowest BCUT2D eigenvalue weighted by Crippen LogP contribution is -2.29. The zero-order chi connectivity index (χ0) is 21.3. The average Bonchev–Trinajstić information content (AvgIpc) is 2.95. The fourth-order valence-corrected chi connectivity index (χ4v) is 3.48. The number of carbonyl (C=O) groups is 1. The molecule has 2 aromatic rings. The molecule has 11 heteroatoms. The quantitative estimate of drug-likeness (QED) is 0.654. The summed E-state index contributed by atoms with van der Waals surface area (Å²) in [6.45, 7) is 1.44. The van der Waals surface area contributed by atoms with Gasteiger partial charge in [-0.05, 0) is 31.2 Å². The molecule has 1 aromatic heterocycles. The van der Waals surface area contributed by atoms with E-state index in [2.05, 4.69) is 4.40 Å². The second-order valence-corrected chi connectivity index (χ2v) is 7.30. The number of hydrogen-bond donors (Lipinski definition) is 0. The van der Waals surface area contributed by atoms with Crippen LogP contribution in [0.4, 0.5) is 13.2 Å². The molecule has 2 heterocycles. The van der Waals surface area contributed by atoms with Gasteiger partial charge in [-0.3, -0.25) is 9.59 Å². The van der Waals surface area contributed by atoms with Gasteiger partial charge in [0.25, 0.3) is 5.56 Å². The maximum Gasteiger partial charge on any atom is 0.420 e. The van der Waals surface area contributed by atoms with Crippen molar-refractivity contribution >= 4 is 34.4 Å². The van der Waals surface area contributed by atoms with E-state index < -0.39 is 29.0 Å². The number of carbonyl (C=O) groups excluding carboxylic acids is 1. The van der Waals surface area contributed by atoms with Gasteiger partial charge in [-0.25, -0.2) is 4.40 Å². The van der Waals surface area contributed by atoms with Crippen LogP contribution in [-0.4, -0.2) is 15.4 Å². The van der Waals surface area contributed by atoms with Crippen molar-refractivity contribution < 1.29 is 22.7 Å². The molecule has 1 unspecified atom stereocenters. The Bertz CT molecular complexity index is 1120. The zero-order valence-electron chi connectivity index (χ0n) is 14.7. The highest BCUT2D eigenvalue weighted by molar-refractivity contribution is 8.13. The van der Waals surface area contributed by atoms with E-state index >= 15 is 0 Å². The van der Waals surface area contributed by atoms with Gasteiger partial charge in [-0.1, -0.05) is 11.6 Å². The van der Waals surface area contributed by atoms with Crippen LogP contribution >= 0.6 is 23.5 Å². The molecule has 1 aromatic carbocycles. The number of benzene rings is 1. The van der Waals surface area contributed by atoms with Gasteiger partial charge >= 0.3 is 6.18 Å². The third-order valence-electron chi connectivity index (χ3n) is 4.09. The second-order valence-electron chi connectivity index (χ2n) is 6.09. The maximum atomic E-state index is 13.4. The number of halogens is 4. The third kappa shape index (κ3) is 4.46. The van der Waals surface area contributed by atoms with E-state index in [0.717, 1.165) is 22.7 Å². The molecule has 3 rings (SSSR count). The van der Waals surface area contributed by atoms with E-state index in [-0.39, 0.29) is 28.0 Å². The highest BCUT2D eigenvalue weighted by Gasteiger charge is 2.37. The van der Waals surface area contributed by atoms with Crippen molar-refractivity contribution in [1.82, 2.24) is 4.57 Å². The summed E-state index contributed by atoms with van der Waals surface area (Å²) >= 11 is 6.59. The first-order chi connectivity index (χ1) is 13.6. The Morgan fingerprint density at radius 1 is 1.34 bits per heavy atom. The van der Waals surface area contributed by atoms with Gasteiger partial charge in [0.2, 0.25) is 10.9 Å². The molecule has 1 aliphatic heterocycles. The molecule has 0 saturated heterocycles. The molecule has 0 saturated carbocycles. The maximum absolute atomic E-state index is 13.4. The standard InChI is InChI=1S/C18H11ClF3N3O3S/c1-9-14(24-29-17(9)27)8-25-3-2-13(18(20,21)22)15(16(25)26)28-12-5-10(7-23)4-11(19)6-12/h2-6,9H,8H2,1H3. The molecule has 0 aliphatic carbocycles. The van der Waals surface area contributed by atoms with Crippen molar-refractivity contribution in [3.8, 4) is 17.6 Å². The summed E-state index contributed by atoms with van der Waals surface area (Å²) < 4.78 is 50.5.